The molecule has 1 aliphatic heterocycles. The second-order valence-electron chi connectivity index (χ2n) is 6.03. The Kier molecular flexibility index (Phi) is 4.60. The van der Waals surface area contributed by atoms with Crippen LogP contribution in [0.2, 0.25) is 0 Å². The Morgan fingerprint density at radius 3 is 2.74 bits per heavy atom. The third-order valence-electron chi connectivity index (χ3n) is 4.20. The van der Waals surface area contributed by atoms with Crippen molar-refractivity contribution in [2.45, 2.75) is 6.92 Å². The first-order chi connectivity index (χ1) is 13.1. The zero-order valence-electron chi connectivity index (χ0n) is 14.6. The fraction of sp³-hybridized carbons (Fsp3) is 0.150. The number of rotatable bonds is 4. The summed E-state index contributed by atoms with van der Waals surface area (Å²) in [6.07, 6.45) is 3.01. The van der Waals surface area contributed by atoms with Crippen LogP contribution in [0.1, 0.15) is 22.8 Å². The van der Waals surface area contributed by atoms with Gasteiger partial charge in [0.1, 0.15) is 13.2 Å². The third-order valence-corrected chi connectivity index (χ3v) is 5.14. The molecule has 2 aromatic carbocycles. The molecule has 0 atom stereocenters. The van der Waals surface area contributed by atoms with Crippen LogP contribution in [0.3, 0.4) is 0 Å². The molecule has 7 heteroatoms. The molecule has 4 rings (SSSR count). The molecule has 2 heterocycles. The van der Waals surface area contributed by atoms with Gasteiger partial charge in [-0.1, -0.05) is 17.4 Å². The van der Waals surface area contributed by atoms with E-state index in [1.807, 2.05) is 25.1 Å². The molecule has 0 fully saturated rings. The fourth-order valence-electron chi connectivity index (χ4n) is 2.80. The molecule has 6 nitrogen and oxygen atoms in total. The summed E-state index contributed by atoms with van der Waals surface area (Å²) in [5, 5.41) is 10.6. The first-order valence-electron chi connectivity index (χ1n) is 8.43. The summed E-state index contributed by atoms with van der Waals surface area (Å²) in [4.78, 5) is 17.0. The minimum atomic E-state index is -0.244. The number of ether oxygens (including phenoxy) is 2. The number of hydrogen-bond acceptors (Lipinski definition) is 6. The van der Waals surface area contributed by atoms with Gasteiger partial charge < -0.3 is 14.9 Å². The molecule has 1 aliphatic rings. The van der Waals surface area contributed by atoms with E-state index < -0.39 is 0 Å². The molecule has 2 N–H and O–H groups in total. The standard InChI is InChI=1S/C20H17N3O3S/c1-12(6-7-21)13-2-4-15-18(11-13)27-20(22-15)23-19(24)14-3-5-16-17(10-14)26-9-8-25-16/h2-7,10-11,21H,8-9H2,1H3,(H,22,23,24). The molecule has 1 amide bonds. The van der Waals surface area contributed by atoms with E-state index in [0.29, 0.717) is 35.4 Å². The lowest BCUT2D eigenvalue weighted by molar-refractivity contribution is 0.102. The first kappa shape index (κ1) is 17.2. The van der Waals surface area contributed by atoms with E-state index in [4.69, 9.17) is 14.9 Å². The molecule has 0 radical (unpaired) electrons. The number of allylic oxidation sites excluding steroid dienone is 2. The quantitative estimate of drug-likeness (QED) is 0.659. The summed E-state index contributed by atoms with van der Waals surface area (Å²) in [7, 11) is 0. The van der Waals surface area contributed by atoms with Crippen LogP contribution in [0.15, 0.2) is 42.5 Å². The monoisotopic (exact) mass is 379 g/mol. The molecule has 3 aromatic rings. The van der Waals surface area contributed by atoms with Crippen LogP contribution in [0.5, 0.6) is 11.5 Å². The highest BCUT2D eigenvalue weighted by Gasteiger charge is 2.16. The van der Waals surface area contributed by atoms with Gasteiger partial charge in [-0.15, -0.1) is 0 Å². The molecule has 0 spiro atoms. The normalized spacial score (nSPS) is 13.4. The number of carbonyl (C=O) groups excluding carboxylic acids is 1. The highest BCUT2D eigenvalue weighted by Crippen LogP contribution is 2.32. The lowest BCUT2D eigenvalue weighted by atomic mass is 10.1. The van der Waals surface area contributed by atoms with E-state index in [-0.39, 0.29) is 5.91 Å². The minimum Gasteiger partial charge on any atom is -0.486 e. The zero-order valence-corrected chi connectivity index (χ0v) is 15.4. The molecular weight excluding hydrogens is 362 g/mol. The maximum atomic E-state index is 12.6. The van der Waals surface area contributed by atoms with E-state index in [9.17, 15) is 4.79 Å². The summed E-state index contributed by atoms with van der Waals surface area (Å²) in [6.45, 7) is 2.95. The van der Waals surface area contributed by atoms with Crippen molar-refractivity contribution >= 4 is 44.4 Å². The van der Waals surface area contributed by atoms with Crippen molar-refractivity contribution in [3.63, 3.8) is 0 Å². The topological polar surface area (TPSA) is 84.3 Å². The molecule has 0 saturated heterocycles. The number of hydrogen-bond donors (Lipinski definition) is 2. The van der Waals surface area contributed by atoms with E-state index >= 15 is 0 Å². The Morgan fingerprint density at radius 2 is 1.93 bits per heavy atom. The highest BCUT2D eigenvalue weighted by molar-refractivity contribution is 7.22. The van der Waals surface area contributed by atoms with Crippen molar-refractivity contribution in [1.29, 1.82) is 5.41 Å². The molecular formula is C20H17N3O3S. The van der Waals surface area contributed by atoms with E-state index in [2.05, 4.69) is 10.3 Å². The number of anilines is 1. The Hall–Kier alpha value is -3.19. The van der Waals surface area contributed by atoms with Gasteiger partial charge in [0.25, 0.3) is 5.91 Å². The van der Waals surface area contributed by atoms with Crippen LogP contribution in [0, 0.1) is 5.41 Å². The van der Waals surface area contributed by atoms with E-state index in [0.717, 1.165) is 21.4 Å². The predicted molar refractivity (Wildman–Crippen MR) is 107 cm³/mol. The molecule has 1 aromatic heterocycles. The van der Waals surface area contributed by atoms with Crippen molar-refractivity contribution in [1.82, 2.24) is 4.98 Å². The Balaban J connectivity index is 1.57. The largest absolute Gasteiger partial charge is 0.486 e. The van der Waals surface area contributed by atoms with Crippen LogP contribution in [-0.4, -0.2) is 30.3 Å². The molecule has 0 unspecified atom stereocenters. The van der Waals surface area contributed by atoms with Crippen LogP contribution in [0.4, 0.5) is 5.13 Å². The average Bonchev–Trinajstić information content (AvgIpc) is 3.09. The van der Waals surface area contributed by atoms with Crippen LogP contribution in [-0.2, 0) is 0 Å². The number of fused-ring (bicyclic) bond motifs is 2. The number of benzene rings is 2. The Morgan fingerprint density at radius 1 is 1.15 bits per heavy atom. The molecule has 0 saturated carbocycles. The molecule has 0 bridgehead atoms. The predicted octanol–water partition coefficient (Wildman–Crippen LogP) is 4.37. The van der Waals surface area contributed by atoms with Gasteiger partial charge in [-0.2, -0.15) is 0 Å². The minimum absolute atomic E-state index is 0.244. The van der Waals surface area contributed by atoms with E-state index in [1.54, 1.807) is 24.3 Å². The van der Waals surface area contributed by atoms with Crippen LogP contribution >= 0.6 is 11.3 Å². The van der Waals surface area contributed by atoms with Crippen LogP contribution in [0.25, 0.3) is 15.8 Å². The van der Waals surface area contributed by atoms with Crippen molar-refractivity contribution in [2.24, 2.45) is 0 Å². The van der Waals surface area contributed by atoms with Gasteiger partial charge in [0.15, 0.2) is 16.6 Å². The van der Waals surface area contributed by atoms with Gasteiger partial charge in [0.05, 0.1) is 10.2 Å². The number of amides is 1. The lowest BCUT2D eigenvalue weighted by Crippen LogP contribution is -2.17. The number of carbonyl (C=O) groups is 1. The summed E-state index contributed by atoms with van der Waals surface area (Å²) >= 11 is 1.42. The van der Waals surface area contributed by atoms with Gasteiger partial charge in [0.2, 0.25) is 0 Å². The number of aromatic nitrogens is 1. The molecule has 0 aliphatic carbocycles. The zero-order chi connectivity index (χ0) is 18.8. The van der Waals surface area contributed by atoms with Gasteiger partial charge in [-0.05, 0) is 54.5 Å². The maximum absolute atomic E-state index is 12.6. The lowest BCUT2D eigenvalue weighted by Gasteiger charge is -2.18. The Bertz CT molecular complexity index is 1070. The molecule has 27 heavy (non-hydrogen) atoms. The number of nitrogens with zero attached hydrogens (tertiary/aromatic N) is 1. The van der Waals surface area contributed by atoms with E-state index in [1.165, 1.54) is 17.6 Å². The highest BCUT2D eigenvalue weighted by atomic mass is 32.1. The van der Waals surface area contributed by atoms with Crippen molar-refractivity contribution < 1.29 is 14.3 Å². The fourth-order valence-corrected chi connectivity index (χ4v) is 3.70. The summed E-state index contributed by atoms with van der Waals surface area (Å²) < 4.78 is 12.0. The summed E-state index contributed by atoms with van der Waals surface area (Å²) in [6, 6.07) is 11.0. The van der Waals surface area contributed by atoms with Gasteiger partial charge in [-0.25, -0.2) is 4.98 Å². The van der Waals surface area contributed by atoms with Crippen molar-refractivity contribution in [2.75, 3.05) is 18.5 Å². The number of nitrogens with one attached hydrogen (secondary N) is 2. The second kappa shape index (κ2) is 7.20. The summed E-state index contributed by atoms with van der Waals surface area (Å²) in [5.41, 5.74) is 3.34. The van der Waals surface area contributed by atoms with Crippen molar-refractivity contribution in [3.8, 4) is 11.5 Å². The smallest absolute Gasteiger partial charge is 0.257 e. The van der Waals surface area contributed by atoms with Crippen molar-refractivity contribution in [3.05, 3.63) is 53.6 Å². The van der Waals surface area contributed by atoms with Gasteiger partial charge in [-0.3, -0.25) is 10.1 Å². The van der Waals surface area contributed by atoms with Gasteiger partial charge in [0, 0.05) is 11.8 Å². The van der Waals surface area contributed by atoms with Crippen LogP contribution < -0.4 is 14.8 Å². The SMILES string of the molecule is CC(=CC=N)c1ccc2nc(NC(=O)c3ccc4c(c3)OCCO4)sc2c1. The first-order valence-corrected chi connectivity index (χ1v) is 9.25. The maximum Gasteiger partial charge on any atom is 0.257 e. The third kappa shape index (κ3) is 3.54. The summed E-state index contributed by atoms with van der Waals surface area (Å²) in [5.74, 6) is 0.987. The Labute approximate surface area is 160 Å². The second-order valence-corrected chi connectivity index (χ2v) is 7.06. The molecule has 136 valence electrons. The average molecular weight is 379 g/mol. The van der Waals surface area contributed by atoms with Gasteiger partial charge >= 0.3 is 0 Å². The number of thiazole rings is 1.